The molecule has 24 heavy (non-hydrogen) atoms. The zero-order valence-corrected chi connectivity index (χ0v) is 13.8. The number of fused-ring (bicyclic) bond motifs is 1. The van der Waals surface area contributed by atoms with Gasteiger partial charge in [0, 0.05) is 28.6 Å². The average Bonchev–Trinajstić information content (AvgIpc) is 2.95. The number of aliphatic imine (C=N–C) groups is 1. The van der Waals surface area contributed by atoms with Crippen LogP contribution in [0.1, 0.15) is 19.4 Å². The summed E-state index contributed by atoms with van der Waals surface area (Å²) in [5.41, 5.74) is 11.3. The van der Waals surface area contributed by atoms with Gasteiger partial charge in [0.05, 0.1) is 11.7 Å². The zero-order chi connectivity index (χ0) is 17.3. The molecule has 0 saturated carbocycles. The van der Waals surface area contributed by atoms with E-state index >= 15 is 0 Å². The fourth-order valence-corrected chi connectivity index (χ4v) is 3.65. The minimum absolute atomic E-state index is 0.466. The number of allylic oxidation sites excluding steroid dienone is 1. The van der Waals surface area contributed by atoms with Crippen molar-refractivity contribution in [2.24, 2.45) is 10.1 Å². The highest BCUT2D eigenvalue weighted by Crippen LogP contribution is 2.40. The molecule has 0 spiro atoms. The molecular weight excluding hydrogens is 328 g/mol. The van der Waals surface area contributed by atoms with Crippen molar-refractivity contribution in [3.63, 3.8) is 0 Å². The number of aliphatic carboxylic acids is 1. The van der Waals surface area contributed by atoms with Crippen LogP contribution < -0.4 is 0 Å². The molecule has 122 valence electrons. The number of carboxylic acids is 1. The topological polar surface area (TPSA) is 115 Å². The molecule has 3 rings (SSSR count). The maximum atomic E-state index is 12.1. The Morgan fingerprint density at radius 2 is 2.21 bits per heavy atom. The summed E-state index contributed by atoms with van der Waals surface area (Å²) >= 11 is 1.36. The van der Waals surface area contributed by atoms with Crippen LogP contribution in [-0.4, -0.2) is 38.2 Å². The van der Waals surface area contributed by atoms with Gasteiger partial charge < -0.3 is 10.0 Å². The summed E-state index contributed by atoms with van der Waals surface area (Å²) in [6, 6.07) is 1.95. The Labute approximate surface area is 142 Å². The molecular formula is C15H14N6O2S. The number of hydrogen-bond donors (Lipinski definition) is 1. The fraction of sp³-hybridized carbons (Fsp3) is 0.267. The van der Waals surface area contributed by atoms with Crippen LogP contribution in [0.2, 0.25) is 0 Å². The molecule has 1 N–H and O–H groups in total. The molecule has 2 aliphatic rings. The van der Waals surface area contributed by atoms with Crippen molar-refractivity contribution in [1.82, 2.24) is 9.88 Å². The number of thioether (sulfide) groups is 1. The van der Waals surface area contributed by atoms with E-state index in [0.717, 1.165) is 5.70 Å². The van der Waals surface area contributed by atoms with E-state index in [4.69, 9.17) is 5.53 Å². The van der Waals surface area contributed by atoms with Crippen LogP contribution in [0.3, 0.4) is 0 Å². The Bertz CT molecular complexity index is 826. The van der Waals surface area contributed by atoms with Crippen molar-refractivity contribution in [2.75, 3.05) is 0 Å². The van der Waals surface area contributed by atoms with Crippen molar-refractivity contribution in [2.45, 2.75) is 25.9 Å². The summed E-state index contributed by atoms with van der Waals surface area (Å²) in [6.45, 7) is 3.55. The number of nitrogens with zero attached hydrogens (tertiary/aromatic N) is 6. The highest BCUT2D eigenvalue weighted by Gasteiger charge is 2.41. The van der Waals surface area contributed by atoms with E-state index in [2.05, 4.69) is 20.0 Å². The van der Waals surface area contributed by atoms with Gasteiger partial charge in [-0.25, -0.2) is 9.79 Å². The number of azide groups is 1. The molecule has 0 amide bonds. The molecule has 1 aromatic rings. The van der Waals surface area contributed by atoms with Gasteiger partial charge in [0.1, 0.15) is 0 Å². The van der Waals surface area contributed by atoms with Gasteiger partial charge in [-0.3, -0.25) is 4.98 Å². The highest BCUT2D eigenvalue weighted by atomic mass is 32.2. The van der Waals surface area contributed by atoms with Crippen molar-refractivity contribution in [3.8, 4) is 0 Å². The average molecular weight is 342 g/mol. The summed E-state index contributed by atoms with van der Waals surface area (Å²) in [5.74, 6) is -0.991. The molecule has 0 aliphatic carbocycles. The second-order valence-corrected chi connectivity index (χ2v) is 6.13. The van der Waals surface area contributed by atoms with Crippen LogP contribution in [0.25, 0.3) is 16.0 Å². The lowest BCUT2D eigenvalue weighted by Gasteiger charge is -2.35. The zero-order valence-electron chi connectivity index (χ0n) is 13.0. The summed E-state index contributed by atoms with van der Waals surface area (Å²) in [7, 11) is 0. The fourth-order valence-electron chi connectivity index (χ4n) is 2.75. The molecule has 0 aromatic carbocycles. The molecule has 1 aromatic heterocycles. The first-order valence-corrected chi connectivity index (χ1v) is 8.05. The number of carboxylic acid groups (broad SMARTS) is 1. The maximum absolute atomic E-state index is 12.1. The predicted molar refractivity (Wildman–Crippen MR) is 91.8 cm³/mol. The molecule has 0 bridgehead atoms. The first-order valence-electron chi connectivity index (χ1n) is 7.17. The number of aromatic nitrogens is 1. The first kappa shape index (κ1) is 16.1. The summed E-state index contributed by atoms with van der Waals surface area (Å²) < 4.78 is 0. The number of rotatable bonds is 4. The number of carbonyl (C=O) groups is 1. The minimum Gasteiger partial charge on any atom is -0.479 e. The van der Waals surface area contributed by atoms with Gasteiger partial charge in [0.2, 0.25) is 0 Å². The highest BCUT2D eigenvalue weighted by molar-refractivity contribution is 8.16. The van der Waals surface area contributed by atoms with E-state index in [1.807, 2.05) is 12.3 Å². The van der Waals surface area contributed by atoms with Crippen LogP contribution in [0.15, 0.2) is 51.4 Å². The van der Waals surface area contributed by atoms with E-state index in [0.29, 0.717) is 22.0 Å². The monoisotopic (exact) mass is 342 g/mol. The molecule has 0 saturated heterocycles. The third-order valence-corrected chi connectivity index (χ3v) is 4.75. The molecule has 3 heterocycles. The van der Waals surface area contributed by atoms with Crippen LogP contribution in [-0.2, 0) is 4.79 Å². The van der Waals surface area contributed by atoms with E-state index in [1.54, 1.807) is 36.4 Å². The van der Waals surface area contributed by atoms with Crippen molar-refractivity contribution in [3.05, 3.63) is 57.3 Å². The Morgan fingerprint density at radius 1 is 1.50 bits per heavy atom. The van der Waals surface area contributed by atoms with Crippen molar-refractivity contribution < 1.29 is 9.90 Å². The van der Waals surface area contributed by atoms with Gasteiger partial charge in [-0.2, -0.15) is 0 Å². The molecule has 2 aliphatic heterocycles. The largest absolute Gasteiger partial charge is 0.479 e. The Morgan fingerprint density at radius 3 is 2.83 bits per heavy atom. The van der Waals surface area contributed by atoms with Crippen molar-refractivity contribution in [1.29, 1.82) is 0 Å². The molecule has 2 atom stereocenters. The molecule has 0 fully saturated rings. The Balaban J connectivity index is 2.27. The quantitative estimate of drug-likeness (QED) is 0.512. The predicted octanol–water partition coefficient (Wildman–Crippen LogP) is 3.22. The Hall–Kier alpha value is -2.77. The SMILES string of the molecule is CC1=CSC2=NC(C(C)N=[N+]=[N-])=C(c3ccncc3)C(C(=O)O)N12. The van der Waals surface area contributed by atoms with Crippen LogP contribution in [0.4, 0.5) is 0 Å². The lowest BCUT2D eigenvalue weighted by atomic mass is 9.92. The summed E-state index contributed by atoms with van der Waals surface area (Å²) in [6.07, 6.45) is 3.19. The van der Waals surface area contributed by atoms with Gasteiger partial charge >= 0.3 is 5.97 Å². The van der Waals surface area contributed by atoms with Gasteiger partial charge in [-0.05, 0) is 35.6 Å². The first-order chi connectivity index (χ1) is 11.5. The lowest BCUT2D eigenvalue weighted by Crippen LogP contribution is -2.45. The minimum atomic E-state index is -0.991. The van der Waals surface area contributed by atoms with Gasteiger partial charge in [0.25, 0.3) is 0 Å². The third-order valence-electron chi connectivity index (χ3n) is 3.79. The smallest absolute Gasteiger partial charge is 0.331 e. The van der Waals surface area contributed by atoms with Crippen LogP contribution >= 0.6 is 11.8 Å². The van der Waals surface area contributed by atoms with E-state index in [-0.39, 0.29) is 0 Å². The van der Waals surface area contributed by atoms with Crippen LogP contribution in [0.5, 0.6) is 0 Å². The second kappa shape index (κ2) is 6.38. The van der Waals surface area contributed by atoms with Crippen LogP contribution in [0, 0.1) is 0 Å². The third kappa shape index (κ3) is 2.64. The van der Waals surface area contributed by atoms with Crippen molar-refractivity contribution >= 4 is 28.5 Å². The molecule has 9 heteroatoms. The van der Waals surface area contributed by atoms with E-state index in [1.165, 1.54) is 11.8 Å². The molecule has 0 radical (unpaired) electrons. The number of pyridine rings is 1. The second-order valence-electron chi connectivity index (χ2n) is 5.30. The lowest BCUT2D eigenvalue weighted by molar-refractivity contribution is -0.139. The number of amidine groups is 1. The van der Waals surface area contributed by atoms with E-state index < -0.39 is 18.1 Å². The molecule has 2 unspecified atom stereocenters. The van der Waals surface area contributed by atoms with Gasteiger partial charge in [-0.1, -0.05) is 23.8 Å². The summed E-state index contributed by atoms with van der Waals surface area (Å²) in [4.78, 5) is 25.2. The van der Waals surface area contributed by atoms with Gasteiger partial charge in [0.15, 0.2) is 11.2 Å². The van der Waals surface area contributed by atoms with Gasteiger partial charge in [-0.15, -0.1) is 0 Å². The standard InChI is InChI=1S/C15H14N6O2S/c1-8-7-24-15-18-12(9(2)19-20-16)11(10-3-5-17-6-4-10)13(14(22)23)21(8)15/h3-7,9,13H,1-2H3,(H,22,23). The number of hydrogen-bond acceptors (Lipinski definition) is 6. The van der Waals surface area contributed by atoms with E-state index in [9.17, 15) is 9.90 Å². The Kier molecular flexibility index (Phi) is 4.28. The molecule has 8 nitrogen and oxygen atoms in total. The summed E-state index contributed by atoms with van der Waals surface area (Å²) in [5, 5.41) is 16.0. The normalized spacial score (nSPS) is 20.8. The maximum Gasteiger partial charge on any atom is 0.331 e.